The van der Waals surface area contributed by atoms with Crippen molar-refractivity contribution in [2.45, 2.75) is 0 Å². The number of nitrogens with zero attached hydrogens (tertiary/aromatic N) is 2. The van der Waals surface area contributed by atoms with Gasteiger partial charge in [-0.1, -0.05) is 18.2 Å². The third-order valence-corrected chi connectivity index (χ3v) is 3.80. The van der Waals surface area contributed by atoms with E-state index in [1.165, 1.54) is 12.1 Å². The van der Waals surface area contributed by atoms with Crippen LogP contribution in [0.2, 0.25) is 0 Å². The zero-order chi connectivity index (χ0) is 17.1. The van der Waals surface area contributed by atoms with E-state index >= 15 is 0 Å². The van der Waals surface area contributed by atoms with Crippen LogP contribution in [-0.2, 0) is 0 Å². The van der Waals surface area contributed by atoms with Crippen molar-refractivity contribution < 1.29 is 8.78 Å². The Balaban J connectivity index is 2.05. The number of anilines is 1. The van der Waals surface area contributed by atoms with Gasteiger partial charge in [-0.3, -0.25) is 0 Å². The van der Waals surface area contributed by atoms with E-state index in [1.807, 2.05) is 44.4 Å². The third-order valence-electron chi connectivity index (χ3n) is 3.80. The standard InChI is InChI=1S/C19H19F2N3/c1-24(2)10-9-22-18-12-19(14-8-7-13(20)11-16(14)21)23-17-6-4-3-5-15(17)18/h3-8,11-12H,9-10H2,1-2H3,(H,22,23). The molecule has 5 heteroatoms. The van der Waals surface area contributed by atoms with Crippen LogP contribution in [0.25, 0.3) is 22.2 Å². The van der Waals surface area contributed by atoms with E-state index in [9.17, 15) is 8.78 Å². The van der Waals surface area contributed by atoms with Crippen molar-refractivity contribution in [3.8, 4) is 11.3 Å². The highest BCUT2D eigenvalue weighted by Crippen LogP contribution is 2.29. The number of likely N-dealkylation sites (N-methyl/N-ethyl adjacent to an activating group) is 1. The number of aromatic nitrogens is 1. The van der Waals surface area contributed by atoms with Crippen LogP contribution >= 0.6 is 0 Å². The van der Waals surface area contributed by atoms with Crippen molar-refractivity contribution in [1.29, 1.82) is 0 Å². The van der Waals surface area contributed by atoms with E-state index in [1.54, 1.807) is 0 Å². The Morgan fingerprint density at radius 3 is 2.58 bits per heavy atom. The first-order chi connectivity index (χ1) is 11.5. The zero-order valence-corrected chi connectivity index (χ0v) is 13.7. The Kier molecular flexibility index (Phi) is 4.71. The van der Waals surface area contributed by atoms with E-state index in [0.717, 1.165) is 35.7 Å². The van der Waals surface area contributed by atoms with E-state index < -0.39 is 11.6 Å². The molecule has 3 nitrogen and oxygen atoms in total. The summed E-state index contributed by atoms with van der Waals surface area (Å²) in [6.07, 6.45) is 0. The van der Waals surface area contributed by atoms with Gasteiger partial charge in [0.2, 0.25) is 0 Å². The van der Waals surface area contributed by atoms with Gasteiger partial charge in [-0.05, 0) is 38.4 Å². The summed E-state index contributed by atoms with van der Waals surface area (Å²) >= 11 is 0. The number of hydrogen-bond donors (Lipinski definition) is 1. The van der Waals surface area contributed by atoms with Crippen molar-refractivity contribution in [3.63, 3.8) is 0 Å². The molecule has 0 bridgehead atoms. The topological polar surface area (TPSA) is 28.2 Å². The molecule has 0 atom stereocenters. The maximum absolute atomic E-state index is 14.1. The monoisotopic (exact) mass is 327 g/mol. The van der Waals surface area contributed by atoms with Gasteiger partial charge in [0.05, 0.1) is 11.2 Å². The minimum atomic E-state index is -0.614. The second kappa shape index (κ2) is 6.93. The van der Waals surface area contributed by atoms with E-state index in [4.69, 9.17) is 0 Å². The molecule has 3 rings (SSSR count). The molecule has 0 aliphatic carbocycles. The zero-order valence-electron chi connectivity index (χ0n) is 13.7. The predicted molar refractivity (Wildman–Crippen MR) is 94.1 cm³/mol. The molecule has 0 saturated carbocycles. The summed E-state index contributed by atoms with van der Waals surface area (Å²) in [5.74, 6) is -1.21. The average molecular weight is 327 g/mol. The van der Waals surface area contributed by atoms with Crippen LogP contribution in [-0.4, -0.2) is 37.1 Å². The van der Waals surface area contributed by atoms with Gasteiger partial charge in [-0.15, -0.1) is 0 Å². The van der Waals surface area contributed by atoms with Gasteiger partial charge in [0.25, 0.3) is 0 Å². The Bertz CT molecular complexity index is 862. The van der Waals surface area contributed by atoms with Crippen molar-refractivity contribution in [2.75, 3.05) is 32.5 Å². The molecule has 124 valence electrons. The maximum Gasteiger partial charge on any atom is 0.135 e. The molecule has 1 aromatic heterocycles. The summed E-state index contributed by atoms with van der Waals surface area (Å²) in [5.41, 5.74) is 2.43. The number of para-hydroxylation sites is 1. The lowest BCUT2D eigenvalue weighted by Gasteiger charge is -2.14. The van der Waals surface area contributed by atoms with Crippen LogP contribution in [0.4, 0.5) is 14.5 Å². The molecular formula is C19H19F2N3. The molecule has 0 radical (unpaired) electrons. The van der Waals surface area contributed by atoms with Gasteiger partial charge < -0.3 is 10.2 Å². The van der Waals surface area contributed by atoms with Gasteiger partial charge in [-0.2, -0.15) is 0 Å². The van der Waals surface area contributed by atoms with Crippen LogP contribution < -0.4 is 5.32 Å². The first-order valence-electron chi connectivity index (χ1n) is 7.78. The number of nitrogens with one attached hydrogen (secondary N) is 1. The fourth-order valence-electron chi connectivity index (χ4n) is 2.57. The second-order valence-corrected chi connectivity index (χ2v) is 5.93. The van der Waals surface area contributed by atoms with Gasteiger partial charge in [-0.25, -0.2) is 13.8 Å². The van der Waals surface area contributed by atoms with Crippen LogP contribution in [0.5, 0.6) is 0 Å². The first kappa shape index (κ1) is 16.3. The molecular weight excluding hydrogens is 308 g/mol. The highest BCUT2D eigenvalue weighted by atomic mass is 19.1. The van der Waals surface area contributed by atoms with Crippen LogP contribution in [0.1, 0.15) is 0 Å². The van der Waals surface area contributed by atoms with Crippen molar-refractivity contribution >= 4 is 16.6 Å². The Labute approximate surface area is 139 Å². The highest BCUT2D eigenvalue weighted by molar-refractivity contribution is 5.93. The summed E-state index contributed by atoms with van der Waals surface area (Å²) < 4.78 is 27.3. The smallest absolute Gasteiger partial charge is 0.135 e. The number of rotatable bonds is 5. The molecule has 0 saturated heterocycles. The lowest BCUT2D eigenvalue weighted by molar-refractivity contribution is 0.425. The fraction of sp³-hybridized carbons (Fsp3) is 0.211. The molecule has 2 aromatic carbocycles. The Morgan fingerprint density at radius 2 is 1.83 bits per heavy atom. The number of fused-ring (bicyclic) bond motifs is 1. The summed E-state index contributed by atoms with van der Waals surface area (Å²) in [6, 6.07) is 13.1. The summed E-state index contributed by atoms with van der Waals surface area (Å²) in [4.78, 5) is 6.61. The lowest BCUT2D eigenvalue weighted by atomic mass is 10.1. The fourth-order valence-corrected chi connectivity index (χ4v) is 2.57. The third kappa shape index (κ3) is 3.51. The van der Waals surface area contributed by atoms with E-state index in [0.29, 0.717) is 5.69 Å². The van der Waals surface area contributed by atoms with Gasteiger partial charge >= 0.3 is 0 Å². The van der Waals surface area contributed by atoms with E-state index in [2.05, 4.69) is 15.2 Å². The van der Waals surface area contributed by atoms with Crippen LogP contribution in [0.3, 0.4) is 0 Å². The maximum atomic E-state index is 14.1. The molecule has 0 amide bonds. The molecule has 0 aliphatic heterocycles. The molecule has 0 aliphatic rings. The van der Waals surface area contributed by atoms with Gasteiger partial charge in [0, 0.05) is 35.8 Å². The average Bonchev–Trinajstić information content (AvgIpc) is 2.54. The molecule has 1 heterocycles. The molecule has 3 aromatic rings. The first-order valence-corrected chi connectivity index (χ1v) is 7.78. The number of halogens is 2. The van der Waals surface area contributed by atoms with Crippen LogP contribution in [0, 0.1) is 11.6 Å². The molecule has 1 N–H and O–H groups in total. The summed E-state index contributed by atoms with van der Waals surface area (Å²) in [7, 11) is 4.01. The van der Waals surface area contributed by atoms with Crippen molar-refractivity contribution in [1.82, 2.24) is 9.88 Å². The van der Waals surface area contributed by atoms with E-state index in [-0.39, 0.29) is 5.56 Å². The SMILES string of the molecule is CN(C)CCNc1cc(-c2ccc(F)cc2F)nc2ccccc12. The minimum Gasteiger partial charge on any atom is -0.383 e. The molecule has 0 fully saturated rings. The molecule has 0 unspecified atom stereocenters. The Hall–Kier alpha value is -2.53. The quantitative estimate of drug-likeness (QED) is 0.763. The van der Waals surface area contributed by atoms with Gasteiger partial charge in [0.1, 0.15) is 11.6 Å². The summed E-state index contributed by atoms with van der Waals surface area (Å²) in [6.45, 7) is 1.63. The Morgan fingerprint density at radius 1 is 1.04 bits per heavy atom. The summed E-state index contributed by atoms with van der Waals surface area (Å²) in [5, 5.41) is 4.36. The number of pyridine rings is 1. The van der Waals surface area contributed by atoms with Crippen molar-refractivity contribution in [2.24, 2.45) is 0 Å². The predicted octanol–water partition coefficient (Wildman–Crippen LogP) is 4.15. The number of benzene rings is 2. The highest BCUT2D eigenvalue weighted by Gasteiger charge is 2.11. The normalized spacial score (nSPS) is 11.2. The molecule has 24 heavy (non-hydrogen) atoms. The second-order valence-electron chi connectivity index (χ2n) is 5.93. The molecule has 0 spiro atoms. The van der Waals surface area contributed by atoms with Crippen LogP contribution in [0.15, 0.2) is 48.5 Å². The largest absolute Gasteiger partial charge is 0.383 e. The lowest BCUT2D eigenvalue weighted by Crippen LogP contribution is -2.20. The van der Waals surface area contributed by atoms with Gasteiger partial charge in [0.15, 0.2) is 0 Å². The minimum absolute atomic E-state index is 0.290. The van der Waals surface area contributed by atoms with Crippen molar-refractivity contribution in [3.05, 3.63) is 60.2 Å². The number of hydrogen-bond acceptors (Lipinski definition) is 3.